The molecule has 0 unspecified atom stereocenters. The first-order valence-electron chi connectivity index (χ1n) is 8.06. The van der Waals surface area contributed by atoms with Gasteiger partial charge in [0.2, 0.25) is 0 Å². The molecule has 1 heterocycles. The number of phenols is 1. The summed E-state index contributed by atoms with van der Waals surface area (Å²) in [6, 6.07) is 10.8. The maximum absolute atomic E-state index is 13.8. The van der Waals surface area contributed by atoms with E-state index in [-0.39, 0.29) is 18.1 Å². The molecule has 5 nitrogen and oxygen atoms in total. The Labute approximate surface area is 145 Å². The molecule has 0 spiro atoms. The molecule has 7 heteroatoms. The topological polar surface area (TPSA) is 65.1 Å². The summed E-state index contributed by atoms with van der Waals surface area (Å²) in [5.74, 6) is -0.914. The van der Waals surface area contributed by atoms with Gasteiger partial charge in [0.05, 0.1) is 12.2 Å². The van der Waals surface area contributed by atoms with E-state index in [0.717, 1.165) is 0 Å². The first-order valence-corrected chi connectivity index (χ1v) is 8.06. The van der Waals surface area contributed by atoms with Gasteiger partial charge in [-0.3, -0.25) is 0 Å². The van der Waals surface area contributed by atoms with Crippen LogP contribution in [0.1, 0.15) is 5.56 Å². The summed E-state index contributed by atoms with van der Waals surface area (Å²) in [6.07, 6.45) is 0. The van der Waals surface area contributed by atoms with Gasteiger partial charge in [-0.2, -0.15) is 0 Å². The van der Waals surface area contributed by atoms with Crippen LogP contribution in [0.4, 0.5) is 14.5 Å². The van der Waals surface area contributed by atoms with Gasteiger partial charge in [0, 0.05) is 26.2 Å². The van der Waals surface area contributed by atoms with Gasteiger partial charge in [-0.05, 0) is 29.8 Å². The fourth-order valence-corrected chi connectivity index (χ4v) is 2.81. The molecule has 0 saturated carbocycles. The number of halogens is 2. The Kier molecular flexibility index (Phi) is 5.02. The Morgan fingerprint density at radius 1 is 1.04 bits per heavy atom. The van der Waals surface area contributed by atoms with Crippen LogP contribution in [-0.4, -0.2) is 42.1 Å². The van der Waals surface area contributed by atoms with Crippen molar-refractivity contribution in [3.8, 4) is 5.75 Å². The van der Waals surface area contributed by atoms with Crippen LogP contribution < -0.4 is 10.6 Å². The number of aromatic hydroxyl groups is 1. The molecule has 0 amide bonds. The number of para-hydroxylation sites is 1. The third-order valence-corrected chi connectivity index (χ3v) is 4.23. The number of nitrogens with zero attached hydrogens (tertiary/aromatic N) is 3. The van der Waals surface area contributed by atoms with Crippen LogP contribution >= 0.6 is 0 Å². The molecular formula is C18H20F2N4O. The summed E-state index contributed by atoms with van der Waals surface area (Å²) >= 11 is 0. The SMILES string of the molecule is NC(=NCc1ccc(O)c(F)c1)N1CCN(c2ccccc2F)CC1. The summed E-state index contributed by atoms with van der Waals surface area (Å²) in [5.41, 5.74) is 7.24. The van der Waals surface area contributed by atoms with Gasteiger partial charge in [-0.1, -0.05) is 18.2 Å². The molecule has 2 aromatic rings. The lowest BCUT2D eigenvalue weighted by atomic mass is 10.2. The summed E-state index contributed by atoms with van der Waals surface area (Å²) in [4.78, 5) is 8.19. The van der Waals surface area contributed by atoms with Gasteiger partial charge in [0.1, 0.15) is 5.82 Å². The number of nitrogens with two attached hydrogens (primary N) is 1. The van der Waals surface area contributed by atoms with Gasteiger partial charge in [0.15, 0.2) is 17.5 Å². The van der Waals surface area contributed by atoms with Crippen molar-refractivity contribution in [1.29, 1.82) is 0 Å². The molecule has 0 aliphatic carbocycles. The summed E-state index contributed by atoms with van der Waals surface area (Å²) in [5, 5.41) is 9.19. The molecule has 0 radical (unpaired) electrons. The zero-order valence-corrected chi connectivity index (χ0v) is 13.7. The minimum Gasteiger partial charge on any atom is -0.505 e. The number of hydrogen-bond acceptors (Lipinski definition) is 3. The van der Waals surface area contributed by atoms with Crippen LogP contribution in [-0.2, 0) is 6.54 Å². The molecule has 1 aliphatic rings. The highest BCUT2D eigenvalue weighted by molar-refractivity contribution is 5.78. The second-order valence-electron chi connectivity index (χ2n) is 5.89. The Morgan fingerprint density at radius 3 is 2.44 bits per heavy atom. The van der Waals surface area contributed by atoms with Crippen molar-refractivity contribution in [3.63, 3.8) is 0 Å². The molecule has 2 aromatic carbocycles. The average molecular weight is 346 g/mol. The minimum atomic E-state index is -0.676. The zero-order chi connectivity index (χ0) is 17.8. The second-order valence-corrected chi connectivity index (χ2v) is 5.89. The number of hydrogen-bond donors (Lipinski definition) is 2. The van der Waals surface area contributed by atoms with E-state index in [1.807, 2.05) is 15.9 Å². The Balaban J connectivity index is 1.58. The number of phenolic OH excluding ortho intramolecular Hbond substituents is 1. The molecule has 25 heavy (non-hydrogen) atoms. The highest BCUT2D eigenvalue weighted by atomic mass is 19.1. The number of aliphatic imine (C=N–C) groups is 1. The Hall–Kier alpha value is -2.83. The number of guanidine groups is 1. The van der Waals surface area contributed by atoms with E-state index < -0.39 is 5.82 Å². The minimum absolute atomic E-state index is 0.230. The third kappa shape index (κ3) is 3.99. The monoisotopic (exact) mass is 346 g/mol. The summed E-state index contributed by atoms with van der Waals surface area (Å²) in [6.45, 7) is 2.79. The molecule has 1 saturated heterocycles. The molecule has 1 fully saturated rings. The van der Waals surface area contributed by atoms with Crippen LogP contribution in [0, 0.1) is 11.6 Å². The first-order chi connectivity index (χ1) is 12.0. The summed E-state index contributed by atoms with van der Waals surface area (Å²) < 4.78 is 27.2. The maximum Gasteiger partial charge on any atom is 0.191 e. The highest BCUT2D eigenvalue weighted by Gasteiger charge is 2.20. The molecule has 132 valence electrons. The Morgan fingerprint density at radius 2 is 1.76 bits per heavy atom. The van der Waals surface area contributed by atoms with Crippen LogP contribution in [0.5, 0.6) is 5.75 Å². The van der Waals surface area contributed by atoms with Crippen molar-refractivity contribution in [3.05, 3.63) is 59.7 Å². The van der Waals surface area contributed by atoms with E-state index >= 15 is 0 Å². The maximum atomic E-state index is 13.8. The summed E-state index contributed by atoms with van der Waals surface area (Å²) in [7, 11) is 0. The number of benzene rings is 2. The van der Waals surface area contributed by atoms with Crippen LogP contribution in [0.15, 0.2) is 47.5 Å². The van der Waals surface area contributed by atoms with Gasteiger partial charge in [-0.25, -0.2) is 13.8 Å². The van der Waals surface area contributed by atoms with E-state index in [2.05, 4.69) is 4.99 Å². The fourth-order valence-electron chi connectivity index (χ4n) is 2.81. The van der Waals surface area contributed by atoms with E-state index in [4.69, 9.17) is 5.73 Å². The van der Waals surface area contributed by atoms with Crippen molar-refractivity contribution in [2.45, 2.75) is 6.54 Å². The largest absolute Gasteiger partial charge is 0.505 e. The molecule has 0 atom stereocenters. The average Bonchev–Trinajstić information content (AvgIpc) is 2.63. The van der Waals surface area contributed by atoms with Crippen molar-refractivity contribution in [2.24, 2.45) is 10.7 Å². The highest BCUT2D eigenvalue weighted by Crippen LogP contribution is 2.20. The number of anilines is 1. The van der Waals surface area contributed by atoms with Gasteiger partial charge in [0.25, 0.3) is 0 Å². The third-order valence-electron chi connectivity index (χ3n) is 4.23. The fraction of sp³-hybridized carbons (Fsp3) is 0.278. The van der Waals surface area contributed by atoms with Gasteiger partial charge < -0.3 is 20.6 Å². The molecule has 3 N–H and O–H groups in total. The smallest absolute Gasteiger partial charge is 0.191 e. The van der Waals surface area contributed by atoms with Crippen molar-refractivity contribution >= 4 is 11.6 Å². The van der Waals surface area contributed by atoms with E-state index in [1.165, 1.54) is 18.2 Å². The molecule has 0 aromatic heterocycles. The predicted octanol–water partition coefficient (Wildman–Crippen LogP) is 2.31. The van der Waals surface area contributed by atoms with Gasteiger partial charge in [-0.15, -0.1) is 0 Å². The molecular weight excluding hydrogens is 326 g/mol. The number of piperazine rings is 1. The van der Waals surface area contributed by atoms with Crippen LogP contribution in [0.2, 0.25) is 0 Å². The van der Waals surface area contributed by atoms with Crippen LogP contribution in [0.3, 0.4) is 0 Å². The predicted molar refractivity (Wildman–Crippen MR) is 93.6 cm³/mol. The molecule has 3 rings (SSSR count). The van der Waals surface area contributed by atoms with Gasteiger partial charge >= 0.3 is 0 Å². The first kappa shape index (κ1) is 17.0. The van der Waals surface area contributed by atoms with Crippen molar-refractivity contribution in [1.82, 2.24) is 4.90 Å². The standard InChI is InChI=1S/C18H20F2N4O/c19-14-3-1-2-4-16(14)23-7-9-24(10-8-23)18(21)22-12-13-5-6-17(25)15(20)11-13/h1-6,11,25H,7-10,12H2,(H2,21,22). The normalized spacial score (nSPS) is 15.5. The Bertz CT molecular complexity index is 773. The van der Waals surface area contributed by atoms with Crippen molar-refractivity contribution in [2.75, 3.05) is 31.1 Å². The lowest BCUT2D eigenvalue weighted by Crippen LogP contribution is -2.51. The number of rotatable bonds is 3. The molecule has 1 aliphatic heterocycles. The molecule has 0 bridgehead atoms. The lowest BCUT2D eigenvalue weighted by Gasteiger charge is -2.36. The zero-order valence-electron chi connectivity index (χ0n) is 13.7. The lowest BCUT2D eigenvalue weighted by molar-refractivity contribution is 0.378. The van der Waals surface area contributed by atoms with E-state index in [9.17, 15) is 13.9 Å². The van der Waals surface area contributed by atoms with E-state index in [1.54, 1.807) is 18.2 Å². The van der Waals surface area contributed by atoms with Crippen molar-refractivity contribution < 1.29 is 13.9 Å². The quantitative estimate of drug-likeness (QED) is 0.661. The van der Waals surface area contributed by atoms with E-state index in [0.29, 0.717) is 43.4 Å². The van der Waals surface area contributed by atoms with Crippen LogP contribution in [0.25, 0.3) is 0 Å². The second kappa shape index (κ2) is 7.38.